The van der Waals surface area contributed by atoms with E-state index in [4.69, 9.17) is 10.1 Å². The van der Waals surface area contributed by atoms with E-state index in [0.29, 0.717) is 23.6 Å². The normalized spacial score (nSPS) is 21.8. The molecule has 1 amide bonds. The van der Waals surface area contributed by atoms with E-state index in [1.165, 1.54) is 0 Å². The van der Waals surface area contributed by atoms with Crippen molar-refractivity contribution in [1.29, 1.82) is 5.41 Å². The molecule has 2 aliphatic rings. The molecular formula is C19H25N5O2S. The average Bonchev–Trinajstić information content (AvgIpc) is 3.24. The molecule has 1 atom stereocenters. The molecule has 27 heavy (non-hydrogen) atoms. The van der Waals surface area contributed by atoms with Crippen molar-refractivity contribution in [3.05, 3.63) is 51.3 Å². The molecule has 1 fully saturated rings. The van der Waals surface area contributed by atoms with Crippen LogP contribution in [0, 0.1) is 12.3 Å². The highest BCUT2D eigenvalue weighted by Crippen LogP contribution is 2.21. The van der Waals surface area contributed by atoms with Crippen LogP contribution in [0.25, 0.3) is 0 Å². The summed E-state index contributed by atoms with van der Waals surface area (Å²) in [6, 6.07) is 0.133. The standard InChI is InChI=1S/C19H25N5O2S/c1-12-17(27-11-22-12)10-26-14-4-5-16(20)15(8-14)18(21-2)19(25)23-13-6-7-24(3)9-13/h4-5,8,11,13,20-21H,6-7,9-10H2,1-3H3,(H,23,25)/b18-15-,20-16?. The van der Waals surface area contributed by atoms with Gasteiger partial charge in [-0.15, -0.1) is 11.3 Å². The van der Waals surface area contributed by atoms with Crippen LogP contribution in [-0.4, -0.2) is 54.7 Å². The van der Waals surface area contributed by atoms with Gasteiger partial charge >= 0.3 is 0 Å². The second kappa shape index (κ2) is 8.49. The third kappa shape index (κ3) is 4.64. The molecule has 2 heterocycles. The number of thiazole rings is 1. The summed E-state index contributed by atoms with van der Waals surface area (Å²) in [5.74, 6) is 0.428. The number of rotatable bonds is 6. The maximum atomic E-state index is 12.7. The Morgan fingerprint density at radius 1 is 1.48 bits per heavy atom. The van der Waals surface area contributed by atoms with Gasteiger partial charge in [-0.1, -0.05) is 0 Å². The fraction of sp³-hybridized carbons (Fsp3) is 0.421. The number of hydrogen-bond acceptors (Lipinski definition) is 7. The fourth-order valence-electron chi connectivity index (χ4n) is 3.11. The summed E-state index contributed by atoms with van der Waals surface area (Å²) in [7, 11) is 3.74. The van der Waals surface area contributed by atoms with Crippen LogP contribution in [0.2, 0.25) is 0 Å². The molecule has 3 N–H and O–H groups in total. The summed E-state index contributed by atoms with van der Waals surface area (Å²) in [5.41, 5.74) is 3.94. The van der Waals surface area contributed by atoms with Gasteiger partial charge in [0.15, 0.2) is 0 Å². The Morgan fingerprint density at radius 3 is 2.93 bits per heavy atom. The van der Waals surface area contributed by atoms with E-state index in [9.17, 15) is 4.79 Å². The first-order chi connectivity index (χ1) is 13.0. The van der Waals surface area contributed by atoms with Crippen molar-refractivity contribution < 1.29 is 9.53 Å². The lowest BCUT2D eigenvalue weighted by molar-refractivity contribution is -0.118. The van der Waals surface area contributed by atoms with Crippen LogP contribution in [0.3, 0.4) is 0 Å². The van der Waals surface area contributed by atoms with E-state index in [1.54, 1.807) is 42.1 Å². The predicted molar refractivity (Wildman–Crippen MR) is 107 cm³/mol. The molecule has 7 nitrogen and oxygen atoms in total. The third-order valence-electron chi connectivity index (χ3n) is 4.68. The van der Waals surface area contributed by atoms with Crippen molar-refractivity contribution in [2.45, 2.75) is 26.0 Å². The molecule has 1 unspecified atom stereocenters. The molecule has 0 saturated carbocycles. The molecule has 8 heteroatoms. The van der Waals surface area contributed by atoms with E-state index >= 15 is 0 Å². The molecular weight excluding hydrogens is 362 g/mol. The van der Waals surface area contributed by atoms with Gasteiger partial charge in [0.25, 0.3) is 5.91 Å². The van der Waals surface area contributed by atoms with Crippen LogP contribution in [0.4, 0.5) is 0 Å². The van der Waals surface area contributed by atoms with E-state index in [2.05, 4.69) is 20.5 Å². The molecule has 0 bridgehead atoms. The topological polar surface area (TPSA) is 90.3 Å². The third-order valence-corrected chi connectivity index (χ3v) is 5.59. The quantitative estimate of drug-likeness (QED) is 0.647. The summed E-state index contributed by atoms with van der Waals surface area (Å²) in [6.45, 7) is 4.19. The van der Waals surface area contributed by atoms with Gasteiger partial charge in [-0.05, 0) is 45.2 Å². The second-order valence-electron chi connectivity index (χ2n) is 6.70. The van der Waals surface area contributed by atoms with Gasteiger partial charge in [0.05, 0.1) is 21.8 Å². The lowest BCUT2D eigenvalue weighted by Gasteiger charge is -2.18. The largest absolute Gasteiger partial charge is 0.488 e. The molecule has 0 spiro atoms. The smallest absolute Gasteiger partial charge is 0.268 e. The van der Waals surface area contributed by atoms with Crippen LogP contribution < -0.4 is 10.6 Å². The number of amides is 1. The van der Waals surface area contributed by atoms with Gasteiger partial charge in [-0.25, -0.2) is 4.98 Å². The lowest BCUT2D eigenvalue weighted by Crippen LogP contribution is -2.40. The Morgan fingerprint density at radius 2 is 2.30 bits per heavy atom. The number of carbonyl (C=O) groups is 1. The monoisotopic (exact) mass is 387 g/mol. The number of aromatic nitrogens is 1. The molecule has 1 aliphatic carbocycles. The van der Waals surface area contributed by atoms with Gasteiger partial charge in [0.2, 0.25) is 0 Å². The number of nitrogens with one attached hydrogen (secondary N) is 3. The minimum Gasteiger partial charge on any atom is -0.488 e. The summed E-state index contributed by atoms with van der Waals surface area (Å²) in [6.07, 6.45) is 6.08. The van der Waals surface area contributed by atoms with Crippen LogP contribution in [0.1, 0.15) is 17.0 Å². The Kier molecular flexibility index (Phi) is 6.08. The number of likely N-dealkylation sites (tertiary alicyclic amines) is 1. The molecule has 0 aromatic carbocycles. The van der Waals surface area contributed by atoms with Gasteiger partial charge in [0, 0.05) is 25.2 Å². The Bertz CT molecular complexity index is 824. The van der Waals surface area contributed by atoms with Crippen molar-refractivity contribution in [2.24, 2.45) is 0 Å². The Hall–Kier alpha value is -2.45. The average molecular weight is 388 g/mol. The number of hydrogen-bond donors (Lipinski definition) is 3. The van der Waals surface area contributed by atoms with Crippen LogP contribution in [0.15, 0.2) is 40.8 Å². The van der Waals surface area contributed by atoms with Crippen molar-refractivity contribution in [2.75, 3.05) is 27.2 Å². The number of likely N-dealkylation sites (N-methyl/N-ethyl adjacent to an activating group) is 2. The lowest BCUT2D eigenvalue weighted by atomic mass is 10.0. The predicted octanol–water partition coefficient (Wildman–Crippen LogP) is 1.74. The highest BCUT2D eigenvalue weighted by molar-refractivity contribution is 7.09. The van der Waals surface area contributed by atoms with Gasteiger partial charge in [-0.3, -0.25) is 4.79 Å². The maximum absolute atomic E-state index is 12.7. The summed E-state index contributed by atoms with van der Waals surface area (Å²) in [5, 5.41) is 14.2. The summed E-state index contributed by atoms with van der Waals surface area (Å²) < 4.78 is 5.86. The van der Waals surface area contributed by atoms with E-state index < -0.39 is 0 Å². The Labute approximate surface area is 163 Å². The molecule has 0 radical (unpaired) electrons. The van der Waals surface area contributed by atoms with Gasteiger partial charge in [0.1, 0.15) is 18.1 Å². The van der Waals surface area contributed by atoms with E-state index in [0.717, 1.165) is 30.1 Å². The first kappa shape index (κ1) is 19.3. The first-order valence-corrected chi connectivity index (χ1v) is 9.77. The number of carbonyl (C=O) groups excluding carboxylic acids is 1. The molecule has 1 aromatic rings. The van der Waals surface area contributed by atoms with Crippen molar-refractivity contribution in [1.82, 2.24) is 20.5 Å². The maximum Gasteiger partial charge on any atom is 0.268 e. The van der Waals surface area contributed by atoms with Gasteiger partial charge in [-0.2, -0.15) is 0 Å². The van der Waals surface area contributed by atoms with Crippen LogP contribution in [-0.2, 0) is 16.1 Å². The highest BCUT2D eigenvalue weighted by Gasteiger charge is 2.24. The summed E-state index contributed by atoms with van der Waals surface area (Å²) >= 11 is 1.55. The van der Waals surface area contributed by atoms with Gasteiger partial charge < -0.3 is 25.7 Å². The molecule has 1 aliphatic heterocycles. The molecule has 3 rings (SSSR count). The highest BCUT2D eigenvalue weighted by atomic mass is 32.1. The minimum absolute atomic E-state index is 0.133. The zero-order valence-corrected chi connectivity index (χ0v) is 16.7. The van der Waals surface area contributed by atoms with Crippen molar-refractivity contribution >= 4 is 23.0 Å². The van der Waals surface area contributed by atoms with Crippen LogP contribution in [0.5, 0.6) is 0 Å². The molecule has 1 aromatic heterocycles. The minimum atomic E-state index is -0.193. The van der Waals surface area contributed by atoms with Crippen LogP contribution >= 0.6 is 11.3 Å². The zero-order valence-electron chi connectivity index (χ0n) is 15.8. The van der Waals surface area contributed by atoms with E-state index in [1.807, 2.05) is 14.0 Å². The molecule has 1 saturated heterocycles. The summed E-state index contributed by atoms with van der Waals surface area (Å²) in [4.78, 5) is 20.2. The first-order valence-electron chi connectivity index (χ1n) is 8.89. The number of ether oxygens (including phenoxy) is 1. The Balaban J connectivity index is 1.74. The number of allylic oxidation sites excluding steroid dienone is 4. The SMILES string of the molecule is CN/C(C(=O)NC1CCN(C)C1)=C1/C=C(OCc2scnc2C)C=CC1=N. The fourth-order valence-corrected chi connectivity index (χ4v) is 3.80. The van der Waals surface area contributed by atoms with E-state index in [-0.39, 0.29) is 17.7 Å². The van der Waals surface area contributed by atoms with Crippen molar-refractivity contribution in [3.8, 4) is 0 Å². The number of aryl methyl sites for hydroxylation is 1. The second-order valence-corrected chi connectivity index (χ2v) is 7.64. The zero-order chi connectivity index (χ0) is 19.4. The molecule has 144 valence electrons. The van der Waals surface area contributed by atoms with Crippen molar-refractivity contribution in [3.63, 3.8) is 0 Å². The number of nitrogens with zero attached hydrogens (tertiary/aromatic N) is 2.